The highest BCUT2D eigenvalue weighted by Gasteiger charge is 2.25. The molecule has 9 nitrogen and oxygen atoms in total. The van der Waals surface area contributed by atoms with Crippen molar-refractivity contribution in [2.45, 2.75) is 161 Å². The summed E-state index contributed by atoms with van der Waals surface area (Å²) < 4.78 is 32.2. The molecule has 0 amide bonds. The molecule has 0 fully saturated rings. The number of carbonyl (C=O) groups excluding carboxylic acids is 2. The lowest BCUT2D eigenvalue weighted by molar-refractivity contribution is -0.161. The van der Waals surface area contributed by atoms with Crippen molar-refractivity contribution in [3.63, 3.8) is 0 Å². The lowest BCUT2D eigenvalue weighted by Crippen LogP contribution is -2.29. The minimum atomic E-state index is -4.34. The molecule has 0 rings (SSSR count). The van der Waals surface area contributed by atoms with Crippen LogP contribution in [0, 0.1) is 0 Å². The monoisotopic (exact) mass is 607 g/mol. The van der Waals surface area contributed by atoms with Crippen LogP contribution in [0.1, 0.15) is 155 Å². The summed E-state index contributed by atoms with van der Waals surface area (Å²) in [5.41, 5.74) is 5.28. The largest absolute Gasteiger partial charge is 0.472 e. The van der Waals surface area contributed by atoms with Crippen molar-refractivity contribution in [3.8, 4) is 0 Å². The van der Waals surface area contributed by atoms with Crippen LogP contribution in [-0.2, 0) is 32.7 Å². The summed E-state index contributed by atoms with van der Waals surface area (Å²) in [5, 5.41) is 0. The zero-order valence-electron chi connectivity index (χ0n) is 26.3. The third kappa shape index (κ3) is 28.9. The van der Waals surface area contributed by atoms with Gasteiger partial charge in [-0.2, -0.15) is 0 Å². The lowest BCUT2D eigenvalue weighted by atomic mass is 10.0. The molecule has 2 unspecified atom stereocenters. The van der Waals surface area contributed by atoms with E-state index in [1.165, 1.54) is 89.9 Å². The topological polar surface area (TPSA) is 134 Å². The Morgan fingerprint density at radius 2 is 1.05 bits per heavy atom. The molecule has 0 aromatic carbocycles. The van der Waals surface area contributed by atoms with E-state index in [-0.39, 0.29) is 32.6 Å². The molecular formula is C31H62NO8P. The number of rotatable bonds is 31. The Labute approximate surface area is 250 Å². The highest BCUT2D eigenvalue weighted by molar-refractivity contribution is 7.47. The predicted octanol–water partition coefficient (Wildman–Crippen LogP) is 8.16. The van der Waals surface area contributed by atoms with Gasteiger partial charge in [-0.15, -0.1) is 0 Å². The molecule has 41 heavy (non-hydrogen) atoms. The molecule has 3 N–H and O–H groups in total. The molecule has 0 bridgehead atoms. The van der Waals surface area contributed by atoms with Gasteiger partial charge in [-0.3, -0.25) is 18.6 Å². The average Bonchev–Trinajstić information content (AvgIpc) is 2.95. The van der Waals surface area contributed by atoms with Gasteiger partial charge in [0.25, 0.3) is 0 Å². The fourth-order valence-corrected chi connectivity index (χ4v) is 5.28. The number of esters is 2. The third-order valence-corrected chi connectivity index (χ3v) is 7.98. The van der Waals surface area contributed by atoms with Gasteiger partial charge >= 0.3 is 19.8 Å². The molecule has 0 aliphatic carbocycles. The van der Waals surface area contributed by atoms with E-state index in [1.807, 2.05) is 6.92 Å². The van der Waals surface area contributed by atoms with E-state index in [4.69, 9.17) is 24.3 Å². The summed E-state index contributed by atoms with van der Waals surface area (Å²) in [6.45, 7) is 3.54. The van der Waals surface area contributed by atoms with Gasteiger partial charge in [-0.05, 0) is 12.8 Å². The van der Waals surface area contributed by atoms with E-state index in [0.717, 1.165) is 25.7 Å². The fraction of sp³-hybridized carbons (Fsp3) is 0.935. The standard InChI is InChI=1S/C31H62NO8P/c1-3-5-7-8-9-10-11-12-13-14-15-16-17-18-19-20-22-24-31(34)40-29(27-37-30(33)23-21-6-4-2)28-39-41(35,36)38-26-25-32/h29H,3-28,32H2,1-2H3,(H,35,36). The zero-order valence-corrected chi connectivity index (χ0v) is 27.2. The van der Waals surface area contributed by atoms with Gasteiger partial charge in [-0.25, -0.2) is 4.57 Å². The van der Waals surface area contributed by atoms with E-state index < -0.39 is 32.5 Å². The molecule has 0 aromatic heterocycles. The smallest absolute Gasteiger partial charge is 0.462 e. The molecule has 0 saturated heterocycles. The maximum Gasteiger partial charge on any atom is 0.472 e. The number of unbranched alkanes of at least 4 members (excludes halogenated alkanes) is 18. The van der Waals surface area contributed by atoms with Crippen LogP contribution in [0.3, 0.4) is 0 Å². The summed E-state index contributed by atoms with van der Waals surface area (Å²) in [6, 6.07) is 0. The third-order valence-electron chi connectivity index (χ3n) is 6.99. The zero-order chi connectivity index (χ0) is 30.4. The van der Waals surface area contributed by atoms with Crippen LogP contribution in [0.5, 0.6) is 0 Å². The second-order valence-electron chi connectivity index (χ2n) is 11.0. The van der Waals surface area contributed by atoms with Crippen molar-refractivity contribution in [1.82, 2.24) is 0 Å². The molecule has 0 radical (unpaired) electrons. The molecule has 0 aromatic rings. The van der Waals surface area contributed by atoms with E-state index in [1.54, 1.807) is 0 Å². The van der Waals surface area contributed by atoms with Crippen molar-refractivity contribution in [2.75, 3.05) is 26.4 Å². The highest BCUT2D eigenvalue weighted by Crippen LogP contribution is 2.43. The van der Waals surface area contributed by atoms with Crippen molar-refractivity contribution in [1.29, 1.82) is 0 Å². The molecule has 0 aliphatic rings. The number of hydrogen-bond donors (Lipinski definition) is 2. The Hall–Kier alpha value is -0.990. The summed E-state index contributed by atoms with van der Waals surface area (Å²) in [7, 11) is -4.34. The van der Waals surface area contributed by atoms with Crippen molar-refractivity contribution in [2.24, 2.45) is 5.73 Å². The van der Waals surface area contributed by atoms with E-state index in [2.05, 4.69) is 6.92 Å². The van der Waals surface area contributed by atoms with E-state index >= 15 is 0 Å². The quantitative estimate of drug-likeness (QED) is 0.0454. The van der Waals surface area contributed by atoms with Crippen molar-refractivity contribution >= 4 is 19.8 Å². The SMILES string of the molecule is CCCCCCCCCCCCCCCCCCCC(=O)OC(COC(=O)CCCCC)COP(=O)(O)OCCN. The molecule has 10 heteroatoms. The number of phosphoric ester groups is 1. The second kappa shape index (κ2) is 29.1. The normalized spacial score (nSPS) is 13.6. The first-order valence-electron chi connectivity index (χ1n) is 16.5. The first kappa shape index (κ1) is 40.0. The minimum Gasteiger partial charge on any atom is -0.462 e. The van der Waals surface area contributed by atoms with E-state index in [9.17, 15) is 19.0 Å². The molecular weight excluding hydrogens is 545 g/mol. The van der Waals surface area contributed by atoms with Gasteiger partial charge in [0.15, 0.2) is 6.10 Å². The molecule has 244 valence electrons. The van der Waals surface area contributed by atoms with Gasteiger partial charge in [0.05, 0.1) is 13.2 Å². The number of phosphoric acid groups is 1. The Bertz CT molecular complexity index is 664. The van der Waals surface area contributed by atoms with Crippen LogP contribution in [0.15, 0.2) is 0 Å². The summed E-state index contributed by atoms with van der Waals surface area (Å²) in [6.07, 6.45) is 23.6. The van der Waals surface area contributed by atoms with Gasteiger partial charge in [0.1, 0.15) is 6.61 Å². The number of nitrogens with two attached hydrogens (primary N) is 1. The summed E-state index contributed by atoms with van der Waals surface area (Å²) in [5.74, 6) is -0.850. The molecule has 0 spiro atoms. The van der Waals surface area contributed by atoms with Crippen LogP contribution in [0.4, 0.5) is 0 Å². The number of carbonyl (C=O) groups is 2. The maximum absolute atomic E-state index is 12.4. The van der Waals surface area contributed by atoms with Crippen LogP contribution in [0.2, 0.25) is 0 Å². The lowest BCUT2D eigenvalue weighted by Gasteiger charge is -2.19. The summed E-state index contributed by atoms with van der Waals surface area (Å²) in [4.78, 5) is 34.0. The van der Waals surface area contributed by atoms with Crippen LogP contribution in [0.25, 0.3) is 0 Å². The Balaban J connectivity index is 4.01. The first-order chi connectivity index (χ1) is 19.8. The van der Waals surface area contributed by atoms with Gasteiger partial charge in [-0.1, -0.05) is 129 Å². The van der Waals surface area contributed by atoms with Crippen LogP contribution < -0.4 is 5.73 Å². The molecule has 2 atom stereocenters. The van der Waals surface area contributed by atoms with Crippen LogP contribution >= 0.6 is 7.82 Å². The Morgan fingerprint density at radius 3 is 1.54 bits per heavy atom. The van der Waals surface area contributed by atoms with Gasteiger partial charge < -0.3 is 20.1 Å². The Morgan fingerprint density at radius 1 is 0.634 bits per heavy atom. The Kier molecular flexibility index (Phi) is 28.4. The average molecular weight is 608 g/mol. The number of hydrogen-bond acceptors (Lipinski definition) is 8. The van der Waals surface area contributed by atoms with Crippen LogP contribution in [-0.4, -0.2) is 49.3 Å². The molecule has 0 aliphatic heterocycles. The minimum absolute atomic E-state index is 0.0566. The predicted molar refractivity (Wildman–Crippen MR) is 165 cm³/mol. The fourth-order valence-electron chi connectivity index (χ4n) is 4.52. The van der Waals surface area contributed by atoms with Gasteiger partial charge in [0, 0.05) is 19.4 Å². The molecule has 0 saturated carbocycles. The number of ether oxygens (including phenoxy) is 2. The van der Waals surface area contributed by atoms with Gasteiger partial charge in [0.2, 0.25) is 0 Å². The first-order valence-corrected chi connectivity index (χ1v) is 18.0. The van der Waals surface area contributed by atoms with Crippen molar-refractivity contribution in [3.05, 3.63) is 0 Å². The molecule has 0 heterocycles. The highest BCUT2D eigenvalue weighted by atomic mass is 31.2. The van der Waals surface area contributed by atoms with E-state index in [0.29, 0.717) is 12.8 Å². The summed E-state index contributed by atoms with van der Waals surface area (Å²) >= 11 is 0. The second-order valence-corrected chi connectivity index (χ2v) is 12.5. The van der Waals surface area contributed by atoms with Crippen molar-refractivity contribution < 1.29 is 37.6 Å². The maximum atomic E-state index is 12.4.